The van der Waals surface area contributed by atoms with Crippen molar-refractivity contribution < 1.29 is 9.53 Å². The number of aryl methyl sites for hydroxylation is 3. The number of pyridine rings is 1. The third kappa shape index (κ3) is 1.47. The fourth-order valence-corrected chi connectivity index (χ4v) is 2.27. The zero-order valence-corrected chi connectivity index (χ0v) is 11.3. The molecule has 0 bridgehead atoms. The van der Waals surface area contributed by atoms with Gasteiger partial charge in [0.05, 0.1) is 18.5 Å². The summed E-state index contributed by atoms with van der Waals surface area (Å²) in [4.78, 5) is 16.2. The molecular formula is C13H17N3O2. The molecule has 0 radical (unpaired) electrons. The van der Waals surface area contributed by atoms with Gasteiger partial charge in [-0.1, -0.05) is 0 Å². The first-order valence-electron chi connectivity index (χ1n) is 5.70. The number of aromatic nitrogens is 2. The molecule has 0 aliphatic rings. The van der Waals surface area contributed by atoms with Crippen LogP contribution in [0.15, 0.2) is 0 Å². The molecule has 0 spiro atoms. The Morgan fingerprint density at radius 2 is 1.94 bits per heavy atom. The molecule has 0 fully saturated rings. The lowest BCUT2D eigenvalue weighted by Gasteiger charge is -2.09. The van der Waals surface area contributed by atoms with Crippen molar-refractivity contribution in [2.24, 2.45) is 7.05 Å². The number of carbonyl (C=O) groups is 1. The summed E-state index contributed by atoms with van der Waals surface area (Å²) in [6.45, 7) is 5.75. The van der Waals surface area contributed by atoms with E-state index in [1.54, 1.807) is 6.92 Å². The van der Waals surface area contributed by atoms with Gasteiger partial charge >= 0.3 is 5.97 Å². The molecule has 0 aromatic carbocycles. The first-order valence-corrected chi connectivity index (χ1v) is 5.70. The van der Waals surface area contributed by atoms with Gasteiger partial charge in [0, 0.05) is 18.1 Å². The maximum absolute atomic E-state index is 11.8. The van der Waals surface area contributed by atoms with E-state index in [0.717, 1.165) is 22.3 Å². The third-order valence-electron chi connectivity index (χ3n) is 3.53. The van der Waals surface area contributed by atoms with Crippen LogP contribution < -0.4 is 5.73 Å². The van der Waals surface area contributed by atoms with E-state index in [9.17, 15) is 4.79 Å². The van der Waals surface area contributed by atoms with Crippen LogP contribution in [0, 0.1) is 20.8 Å². The minimum atomic E-state index is -0.444. The molecule has 0 aliphatic heterocycles. The highest BCUT2D eigenvalue weighted by molar-refractivity contribution is 6.06. The summed E-state index contributed by atoms with van der Waals surface area (Å²) in [7, 11) is 3.28. The molecule has 0 saturated heterocycles. The molecule has 96 valence electrons. The normalized spacial score (nSPS) is 10.9. The second kappa shape index (κ2) is 4.01. The largest absolute Gasteiger partial charge is 0.465 e. The summed E-state index contributed by atoms with van der Waals surface area (Å²) >= 11 is 0. The molecule has 0 amide bonds. The van der Waals surface area contributed by atoms with Crippen molar-refractivity contribution >= 4 is 22.7 Å². The number of nitrogens with zero attached hydrogens (tertiary/aromatic N) is 2. The molecule has 2 rings (SSSR count). The van der Waals surface area contributed by atoms with Crippen LogP contribution >= 0.6 is 0 Å². The van der Waals surface area contributed by atoms with Crippen LogP contribution in [-0.4, -0.2) is 22.6 Å². The molecular weight excluding hydrogens is 230 g/mol. The number of carbonyl (C=O) groups excluding carboxylic acids is 1. The number of methoxy groups -OCH3 is 1. The van der Waals surface area contributed by atoms with Crippen molar-refractivity contribution in [1.29, 1.82) is 0 Å². The average Bonchev–Trinajstić information content (AvgIpc) is 2.54. The van der Waals surface area contributed by atoms with E-state index < -0.39 is 5.97 Å². The lowest BCUT2D eigenvalue weighted by Crippen LogP contribution is -2.10. The van der Waals surface area contributed by atoms with Crippen LogP contribution in [0.3, 0.4) is 0 Å². The summed E-state index contributed by atoms with van der Waals surface area (Å²) < 4.78 is 6.74. The summed E-state index contributed by atoms with van der Waals surface area (Å²) in [5.41, 5.74) is 10.5. The van der Waals surface area contributed by atoms with Gasteiger partial charge in [0.1, 0.15) is 11.2 Å². The zero-order valence-electron chi connectivity index (χ0n) is 11.3. The van der Waals surface area contributed by atoms with Crippen LogP contribution in [0.1, 0.15) is 27.3 Å². The lowest BCUT2D eigenvalue weighted by atomic mass is 10.1. The van der Waals surface area contributed by atoms with Crippen LogP contribution in [0.5, 0.6) is 0 Å². The summed E-state index contributed by atoms with van der Waals surface area (Å²) in [5, 5.41) is 0.834. The number of hydrogen-bond donors (Lipinski definition) is 1. The number of nitrogen functional groups attached to an aromatic ring is 1. The fourth-order valence-electron chi connectivity index (χ4n) is 2.27. The van der Waals surface area contributed by atoms with Crippen LogP contribution in [-0.2, 0) is 11.8 Å². The molecule has 0 aliphatic carbocycles. The second-order valence-corrected chi connectivity index (χ2v) is 4.45. The molecule has 18 heavy (non-hydrogen) atoms. The Morgan fingerprint density at radius 3 is 2.50 bits per heavy atom. The quantitative estimate of drug-likeness (QED) is 0.781. The number of ether oxygens (including phenoxy) is 1. The average molecular weight is 247 g/mol. The van der Waals surface area contributed by atoms with Crippen LogP contribution in [0.25, 0.3) is 11.0 Å². The number of hydrogen-bond acceptors (Lipinski definition) is 4. The Labute approximate surface area is 106 Å². The van der Waals surface area contributed by atoms with E-state index in [2.05, 4.69) is 4.98 Å². The Bertz CT molecular complexity index is 656. The first-order chi connectivity index (χ1) is 8.40. The van der Waals surface area contributed by atoms with Gasteiger partial charge in [-0.2, -0.15) is 0 Å². The molecule has 2 N–H and O–H groups in total. The number of anilines is 1. The Morgan fingerprint density at radius 1 is 1.33 bits per heavy atom. The van der Waals surface area contributed by atoms with Crippen molar-refractivity contribution in [2.75, 3.05) is 12.8 Å². The fraction of sp³-hybridized carbons (Fsp3) is 0.385. The number of fused-ring (bicyclic) bond motifs is 1. The molecule has 2 aromatic rings. The van der Waals surface area contributed by atoms with Gasteiger partial charge in [0.2, 0.25) is 0 Å². The predicted molar refractivity (Wildman–Crippen MR) is 70.7 cm³/mol. The third-order valence-corrected chi connectivity index (χ3v) is 3.53. The molecule has 2 aromatic heterocycles. The van der Waals surface area contributed by atoms with Gasteiger partial charge in [-0.25, -0.2) is 9.78 Å². The number of nitrogens with two attached hydrogens (primary N) is 1. The van der Waals surface area contributed by atoms with Crippen molar-refractivity contribution in [3.05, 3.63) is 22.5 Å². The standard InChI is InChI=1S/C13H17N3O2/c1-6-8(3)16(4)12-9(6)11(14)10(7(2)15-12)13(17)18-5/h1-5H3,(H2,14,15). The van der Waals surface area contributed by atoms with Crippen molar-refractivity contribution in [3.8, 4) is 0 Å². The summed E-state index contributed by atoms with van der Waals surface area (Å²) in [5.74, 6) is -0.444. The maximum Gasteiger partial charge on any atom is 0.341 e. The molecule has 0 saturated carbocycles. The van der Waals surface area contributed by atoms with E-state index in [4.69, 9.17) is 10.5 Å². The second-order valence-electron chi connectivity index (χ2n) is 4.45. The molecule has 0 unspecified atom stereocenters. The highest BCUT2D eigenvalue weighted by atomic mass is 16.5. The Kier molecular flexibility index (Phi) is 2.77. The van der Waals surface area contributed by atoms with Gasteiger partial charge in [-0.3, -0.25) is 0 Å². The Hall–Kier alpha value is -2.04. The minimum absolute atomic E-state index is 0.360. The van der Waals surface area contributed by atoms with Gasteiger partial charge in [-0.15, -0.1) is 0 Å². The van der Waals surface area contributed by atoms with E-state index in [1.807, 2.05) is 25.5 Å². The number of rotatable bonds is 1. The monoisotopic (exact) mass is 247 g/mol. The van der Waals surface area contributed by atoms with Crippen LogP contribution in [0.2, 0.25) is 0 Å². The molecule has 0 atom stereocenters. The number of esters is 1. The first kappa shape index (κ1) is 12.4. The molecule has 2 heterocycles. The maximum atomic E-state index is 11.8. The van der Waals surface area contributed by atoms with Crippen molar-refractivity contribution in [3.63, 3.8) is 0 Å². The smallest absolute Gasteiger partial charge is 0.341 e. The summed E-state index contributed by atoms with van der Waals surface area (Å²) in [6.07, 6.45) is 0. The highest BCUT2D eigenvalue weighted by Crippen LogP contribution is 2.31. The minimum Gasteiger partial charge on any atom is -0.465 e. The van der Waals surface area contributed by atoms with Crippen LogP contribution in [0.4, 0.5) is 5.69 Å². The summed E-state index contributed by atoms with van der Waals surface area (Å²) in [6, 6.07) is 0. The van der Waals surface area contributed by atoms with E-state index in [0.29, 0.717) is 16.9 Å². The van der Waals surface area contributed by atoms with Gasteiger partial charge in [0.25, 0.3) is 0 Å². The topological polar surface area (TPSA) is 70.1 Å². The highest BCUT2D eigenvalue weighted by Gasteiger charge is 2.21. The zero-order chi connectivity index (χ0) is 13.6. The molecule has 5 nitrogen and oxygen atoms in total. The van der Waals surface area contributed by atoms with Gasteiger partial charge in [0.15, 0.2) is 0 Å². The van der Waals surface area contributed by atoms with Gasteiger partial charge < -0.3 is 15.0 Å². The van der Waals surface area contributed by atoms with Crippen molar-refractivity contribution in [1.82, 2.24) is 9.55 Å². The SMILES string of the molecule is COC(=O)c1c(C)nc2c(c(C)c(C)n2C)c1N. The predicted octanol–water partition coefficient (Wildman–Crippen LogP) is 1.87. The van der Waals surface area contributed by atoms with E-state index in [1.165, 1.54) is 7.11 Å². The van der Waals surface area contributed by atoms with E-state index in [-0.39, 0.29) is 0 Å². The van der Waals surface area contributed by atoms with Crippen molar-refractivity contribution in [2.45, 2.75) is 20.8 Å². The Balaban J connectivity index is 2.94. The van der Waals surface area contributed by atoms with Gasteiger partial charge in [-0.05, 0) is 26.3 Å². The molecule has 5 heteroatoms. The van der Waals surface area contributed by atoms with E-state index >= 15 is 0 Å². The lowest BCUT2D eigenvalue weighted by molar-refractivity contribution is 0.0601.